The molecule has 0 fully saturated rings. The van der Waals surface area contributed by atoms with E-state index in [1.807, 2.05) is 18.2 Å². The maximum absolute atomic E-state index is 13.2. The minimum Gasteiger partial charge on any atom is -0.467 e. The predicted molar refractivity (Wildman–Crippen MR) is 90.3 cm³/mol. The van der Waals surface area contributed by atoms with E-state index >= 15 is 0 Å². The summed E-state index contributed by atoms with van der Waals surface area (Å²) in [6.07, 6.45) is 4.79. The van der Waals surface area contributed by atoms with Gasteiger partial charge in [-0.15, -0.1) is 0 Å². The van der Waals surface area contributed by atoms with E-state index in [0.717, 1.165) is 17.0 Å². The summed E-state index contributed by atoms with van der Waals surface area (Å²) >= 11 is 0. The van der Waals surface area contributed by atoms with Crippen molar-refractivity contribution in [1.82, 2.24) is 14.8 Å². The summed E-state index contributed by atoms with van der Waals surface area (Å²) in [5, 5.41) is 16.8. The van der Waals surface area contributed by atoms with Crippen molar-refractivity contribution < 1.29 is 13.9 Å². The van der Waals surface area contributed by atoms with Gasteiger partial charge in [-0.1, -0.05) is 0 Å². The Labute approximate surface area is 143 Å². The van der Waals surface area contributed by atoms with Crippen molar-refractivity contribution in [3.63, 3.8) is 0 Å². The van der Waals surface area contributed by atoms with Gasteiger partial charge in [-0.3, -0.25) is 0 Å². The van der Waals surface area contributed by atoms with Crippen LogP contribution in [0.2, 0.25) is 0 Å². The first kappa shape index (κ1) is 15.6. The molecule has 0 saturated heterocycles. The van der Waals surface area contributed by atoms with E-state index in [9.17, 15) is 4.39 Å². The molecule has 0 bridgehead atoms. The molecule has 3 heterocycles. The molecule has 7 heteroatoms. The summed E-state index contributed by atoms with van der Waals surface area (Å²) in [6.45, 7) is 0.0952. The summed E-state index contributed by atoms with van der Waals surface area (Å²) < 4.78 is 20.5. The van der Waals surface area contributed by atoms with Crippen LogP contribution in [0.1, 0.15) is 29.6 Å². The van der Waals surface area contributed by atoms with E-state index in [4.69, 9.17) is 9.52 Å². The van der Waals surface area contributed by atoms with Crippen LogP contribution in [0.5, 0.6) is 0 Å². The lowest BCUT2D eigenvalue weighted by atomic mass is 10.1. The highest BCUT2D eigenvalue weighted by Gasteiger charge is 2.26. The lowest BCUT2D eigenvalue weighted by molar-refractivity contribution is 0.287. The zero-order valence-electron chi connectivity index (χ0n) is 13.4. The van der Waals surface area contributed by atoms with Gasteiger partial charge in [0.1, 0.15) is 17.6 Å². The van der Waals surface area contributed by atoms with Crippen molar-refractivity contribution in [2.24, 2.45) is 0 Å². The molecule has 0 aliphatic carbocycles. The molecule has 0 radical (unpaired) electrons. The number of anilines is 1. The van der Waals surface area contributed by atoms with E-state index in [2.05, 4.69) is 15.4 Å². The molecule has 1 unspecified atom stereocenters. The van der Waals surface area contributed by atoms with Gasteiger partial charge in [0.2, 0.25) is 5.95 Å². The number of fused-ring (bicyclic) bond motifs is 1. The Balaban J connectivity index is 1.74. The summed E-state index contributed by atoms with van der Waals surface area (Å²) in [4.78, 5) is 4.51. The molecule has 2 N–H and O–H groups in total. The van der Waals surface area contributed by atoms with Crippen molar-refractivity contribution in [3.8, 4) is 0 Å². The maximum atomic E-state index is 13.2. The fourth-order valence-corrected chi connectivity index (χ4v) is 2.84. The molecular weight excluding hydrogens is 323 g/mol. The Morgan fingerprint density at radius 1 is 1.24 bits per heavy atom. The Morgan fingerprint density at radius 3 is 2.80 bits per heavy atom. The number of aryl methyl sites for hydroxylation is 1. The molecule has 0 spiro atoms. The molecule has 1 atom stereocenters. The lowest BCUT2D eigenvalue weighted by Gasteiger charge is -2.22. The highest BCUT2D eigenvalue weighted by Crippen LogP contribution is 2.32. The number of nitrogens with zero attached hydrogens (tertiary/aromatic N) is 3. The Bertz CT molecular complexity index is 884. The largest absolute Gasteiger partial charge is 0.467 e. The fourth-order valence-electron chi connectivity index (χ4n) is 2.84. The number of aliphatic hydroxyl groups excluding tert-OH is 1. The number of hydrogen-bond donors (Lipinski definition) is 2. The highest BCUT2D eigenvalue weighted by molar-refractivity contribution is 5.76. The molecule has 3 aromatic rings. The van der Waals surface area contributed by atoms with Gasteiger partial charge < -0.3 is 14.8 Å². The third-order valence-electron chi connectivity index (χ3n) is 4.06. The lowest BCUT2D eigenvalue weighted by Crippen LogP contribution is -2.19. The topological polar surface area (TPSA) is 76.1 Å². The third kappa shape index (κ3) is 3.06. The average molecular weight is 340 g/mol. The first-order valence-corrected chi connectivity index (χ1v) is 8.09. The van der Waals surface area contributed by atoms with Crippen molar-refractivity contribution in [1.29, 1.82) is 0 Å². The zero-order chi connectivity index (χ0) is 17.2. The number of halogens is 1. The summed E-state index contributed by atoms with van der Waals surface area (Å²) in [6, 6.07) is 9.73. The number of nitrogens with one attached hydrogen (secondary N) is 1. The second-order valence-corrected chi connectivity index (χ2v) is 5.80. The molecule has 1 aliphatic heterocycles. The van der Waals surface area contributed by atoms with Crippen LogP contribution < -0.4 is 5.32 Å². The Kier molecular flexibility index (Phi) is 4.07. The quantitative estimate of drug-likeness (QED) is 0.747. The second-order valence-electron chi connectivity index (χ2n) is 5.80. The number of hydrogen-bond acceptors (Lipinski definition) is 5. The monoisotopic (exact) mass is 340 g/mol. The molecule has 6 nitrogen and oxygen atoms in total. The molecule has 0 saturated carbocycles. The number of aromatic nitrogens is 3. The van der Waals surface area contributed by atoms with E-state index < -0.39 is 0 Å². The van der Waals surface area contributed by atoms with Crippen molar-refractivity contribution in [3.05, 3.63) is 71.7 Å². The molecule has 0 amide bonds. The molecule has 1 aromatic carbocycles. The first-order valence-electron chi connectivity index (χ1n) is 8.09. The minimum absolute atomic E-state index is 0.0952. The third-order valence-corrected chi connectivity index (χ3v) is 4.06. The smallest absolute Gasteiger partial charge is 0.226 e. The van der Waals surface area contributed by atoms with Crippen LogP contribution in [0, 0.1) is 5.82 Å². The van der Waals surface area contributed by atoms with E-state index in [1.165, 1.54) is 12.1 Å². The average Bonchev–Trinajstić information content (AvgIpc) is 3.29. The van der Waals surface area contributed by atoms with Gasteiger partial charge in [0.05, 0.1) is 6.26 Å². The number of allylic oxidation sites excluding steroid dienone is 1. The first-order chi connectivity index (χ1) is 12.2. The zero-order valence-corrected chi connectivity index (χ0v) is 13.4. The van der Waals surface area contributed by atoms with Gasteiger partial charge in [0.25, 0.3) is 0 Å². The molecule has 4 rings (SSSR count). The summed E-state index contributed by atoms with van der Waals surface area (Å²) in [5.74, 6) is 1.70. The van der Waals surface area contributed by atoms with Crippen LogP contribution in [-0.2, 0) is 6.42 Å². The molecule has 128 valence electrons. The molecule has 25 heavy (non-hydrogen) atoms. The van der Waals surface area contributed by atoms with Crippen molar-refractivity contribution in [2.45, 2.75) is 18.9 Å². The molecule has 2 aromatic heterocycles. The van der Waals surface area contributed by atoms with E-state index in [1.54, 1.807) is 23.1 Å². The fraction of sp³-hybridized carbons (Fsp3) is 0.222. The van der Waals surface area contributed by atoms with Crippen molar-refractivity contribution >= 4 is 11.6 Å². The van der Waals surface area contributed by atoms with Gasteiger partial charge in [0, 0.05) is 18.7 Å². The van der Waals surface area contributed by atoms with Crippen LogP contribution in [0.15, 0.2) is 53.2 Å². The molecular formula is C18H17FN4O2. The summed E-state index contributed by atoms with van der Waals surface area (Å²) in [5.41, 5.74) is 1.67. The van der Waals surface area contributed by atoms with Crippen LogP contribution >= 0.6 is 0 Å². The predicted octanol–water partition coefficient (Wildman–Crippen LogP) is 2.99. The highest BCUT2D eigenvalue weighted by atomic mass is 19.1. The SMILES string of the molecule is OCCCc1nc2n(n1)C(c1ccco1)C=C(c1ccc(F)cc1)N2. The van der Waals surface area contributed by atoms with Gasteiger partial charge in [-0.05, 0) is 54.5 Å². The van der Waals surface area contributed by atoms with Crippen LogP contribution in [0.4, 0.5) is 10.3 Å². The standard InChI is InChI=1S/C18H17FN4O2/c19-13-7-5-12(6-8-13)14-11-15(16-3-2-10-25-16)23-18(20-14)21-17(22-23)4-1-9-24/h2-3,5-8,10-11,15,24H,1,4,9H2,(H,20,21,22). The second kappa shape index (κ2) is 6.52. The van der Waals surface area contributed by atoms with Crippen molar-refractivity contribution in [2.75, 3.05) is 11.9 Å². The molecule has 1 aliphatic rings. The number of furan rings is 1. The normalized spacial score (nSPS) is 16.2. The summed E-state index contributed by atoms with van der Waals surface area (Å²) in [7, 11) is 0. The minimum atomic E-state index is -0.280. The van der Waals surface area contributed by atoms with E-state index in [0.29, 0.717) is 24.6 Å². The van der Waals surface area contributed by atoms with Gasteiger partial charge in [-0.2, -0.15) is 10.1 Å². The number of rotatable bonds is 5. The Hall–Kier alpha value is -2.93. The van der Waals surface area contributed by atoms with Crippen LogP contribution in [0.3, 0.4) is 0 Å². The van der Waals surface area contributed by atoms with Gasteiger partial charge >= 0.3 is 0 Å². The van der Waals surface area contributed by atoms with E-state index in [-0.39, 0.29) is 18.5 Å². The van der Waals surface area contributed by atoms with Crippen LogP contribution in [0.25, 0.3) is 5.70 Å². The number of aliphatic hydroxyl groups is 1. The van der Waals surface area contributed by atoms with Gasteiger partial charge in [-0.25, -0.2) is 9.07 Å². The maximum Gasteiger partial charge on any atom is 0.226 e. The van der Waals surface area contributed by atoms with Gasteiger partial charge in [0.15, 0.2) is 5.82 Å². The van der Waals surface area contributed by atoms with Crippen LogP contribution in [-0.4, -0.2) is 26.5 Å². The Morgan fingerprint density at radius 2 is 2.08 bits per heavy atom. The number of benzene rings is 1.